The molecule has 0 spiro atoms. The molecule has 0 saturated carbocycles. The average molecular weight is 222 g/mol. The molecule has 1 atom stereocenters. The first kappa shape index (κ1) is 13.0. The smallest absolute Gasteiger partial charge is 0.0700 e. The molecule has 1 rings (SSSR count). The second kappa shape index (κ2) is 6.54. The standard InChI is InChI=1S/C12H22N4/c1-2-11(14)9-10-5-3-4-6-12(10)16(15)8-7-13/h1,11H,3-9,13-15H2. The topological polar surface area (TPSA) is 81.3 Å². The largest absolute Gasteiger partial charge is 0.329 e. The average Bonchev–Trinajstić information content (AvgIpc) is 2.30. The SMILES string of the molecule is C#CC(N)CC1=C(N(N)CCN)CCCC1. The Bertz CT molecular complexity index is 290. The number of hydrazine groups is 1. The van der Waals surface area contributed by atoms with E-state index in [1.165, 1.54) is 24.1 Å². The van der Waals surface area contributed by atoms with Crippen LogP contribution in [0.1, 0.15) is 32.1 Å². The number of hydrogen-bond acceptors (Lipinski definition) is 4. The maximum absolute atomic E-state index is 5.97. The normalized spacial score (nSPS) is 18.1. The van der Waals surface area contributed by atoms with E-state index >= 15 is 0 Å². The van der Waals surface area contributed by atoms with Crippen LogP contribution in [0.15, 0.2) is 11.3 Å². The van der Waals surface area contributed by atoms with Gasteiger partial charge in [0, 0.05) is 18.8 Å². The maximum Gasteiger partial charge on any atom is 0.0700 e. The molecule has 1 aliphatic rings. The lowest BCUT2D eigenvalue weighted by molar-refractivity contribution is 0.334. The third-order valence-electron chi connectivity index (χ3n) is 2.95. The van der Waals surface area contributed by atoms with Crippen molar-refractivity contribution in [2.45, 2.75) is 38.1 Å². The van der Waals surface area contributed by atoms with Gasteiger partial charge in [0.05, 0.1) is 6.04 Å². The molecule has 0 aromatic heterocycles. The Hall–Kier alpha value is -1.02. The van der Waals surface area contributed by atoms with Gasteiger partial charge in [-0.05, 0) is 37.7 Å². The highest BCUT2D eigenvalue weighted by atomic mass is 15.4. The predicted octanol–water partition coefficient (Wildman–Crippen LogP) is 0.300. The summed E-state index contributed by atoms with van der Waals surface area (Å²) in [5.41, 5.74) is 13.8. The second-order valence-corrected chi connectivity index (χ2v) is 4.22. The first-order valence-corrected chi connectivity index (χ1v) is 5.84. The van der Waals surface area contributed by atoms with Crippen molar-refractivity contribution in [3.63, 3.8) is 0 Å². The zero-order valence-corrected chi connectivity index (χ0v) is 9.78. The van der Waals surface area contributed by atoms with Crippen LogP contribution in [0, 0.1) is 12.3 Å². The molecule has 16 heavy (non-hydrogen) atoms. The molecular weight excluding hydrogens is 200 g/mol. The van der Waals surface area contributed by atoms with E-state index in [0.717, 1.165) is 19.3 Å². The van der Waals surface area contributed by atoms with Crippen LogP contribution in [0.25, 0.3) is 0 Å². The third kappa shape index (κ3) is 3.53. The van der Waals surface area contributed by atoms with Crippen molar-refractivity contribution in [3.8, 4) is 12.3 Å². The van der Waals surface area contributed by atoms with Crippen molar-refractivity contribution in [1.82, 2.24) is 5.01 Å². The molecule has 0 saturated heterocycles. The van der Waals surface area contributed by atoms with Gasteiger partial charge in [0.25, 0.3) is 0 Å². The minimum atomic E-state index is -0.200. The predicted molar refractivity (Wildman–Crippen MR) is 66.9 cm³/mol. The van der Waals surface area contributed by atoms with Crippen LogP contribution >= 0.6 is 0 Å². The summed E-state index contributed by atoms with van der Waals surface area (Å²) < 4.78 is 0. The van der Waals surface area contributed by atoms with Crippen LogP contribution in [0.5, 0.6) is 0 Å². The first-order valence-electron chi connectivity index (χ1n) is 5.84. The number of terminal acetylenes is 1. The molecule has 0 aliphatic heterocycles. The number of hydrogen-bond donors (Lipinski definition) is 3. The quantitative estimate of drug-likeness (QED) is 0.355. The Kier molecular flexibility index (Phi) is 5.33. The summed E-state index contributed by atoms with van der Waals surface area (Å²) in [5.74, 6) is 8.53. The molecule has 90 valence electrons. The van der Waals surface area contributed by atoms with Crippen molar-refractivity contribution in [2.75, 3.05) is 13.1 Å². The van der Waals surface area contributed by atoms with Crippen LogP contribution in [-0.4, -0.2) is 24.1 Å². The van der Waals surface area contributed by atoms with Crippen LogP contribution in [-0.2, 0) is 0 Å². The summed E-state index contributed by atoms with van der Waals surface area (Å²) in [5, 5.41) is 1.76. The molecule has 0 fully saturated rings. The fourth-order valence-corrected chi connectivity index (χ4v) is 2.12. The summed E-state index contributed by atoms with van der Waals surface area (Å²) in [6.07, 6.45) is 10.5. The Morgan fingerprint density at radius 1 is 1.38 bits per heavy atom. The van der Waals surface area contributed by atoms with Crippen molar-refractivity contribution >= 4 is 0 Å². The zero-order valence-electron chi connectivity index (χ0n) is 9.78. The number of allylic oxidation sites excluding steroid dienone is 1. The number of rotatable bonds is 5. The molecule has 0 amide bonds. The van der Waals surface area contributed by atoms with Crippen molar-refractivity contribution in [2.24, 2.45) is 17.3 Å². The molecule has 1 unspecified atom stereocenters. The fourth-order valence-electron chi connectivity index (χ4n) is 2.12. The maximum atomic E-state index is 5.97. The van der Waals surface area contributed by atoms with Gasteiger partial charge < -0.3 is 16.5 Å². The number of nitrogens with two attached hydrogens (primary N) is 3. The third-order valence-corrected chi connectivity index (χ3v) is 2.95. The van der Waals surface area contributed by atoms with Crippen LogP contribution < -0.4 is 17.3 Å². The summed E-state index contributed by atoms with van der Waals surface area (Å²) in [6, 6.07) is -0.200. The summed E-state index contributed by atoms with van der Waals surface area (Å²) in [4.78, 5) is 0. The summed E-state index contributed by atoms with van der Waals surface area (Å²) in [7, 11) is 0. The highest BCUT2D eigenvalue weighted by Crippen LogP contribution is 2.28. The molecule has 0 heterocycles. The molecule has 0 aromatic carbocycles. The van der Waals surface area contributed by atoms with E-state index in [9.17, 15) is 0 Å². The second-order valence-electron chi connectivity index (χ2n) is 4.22. The lowest BCUT2D eigenvalue weighted by Gasteiger charge is -2.29. The molecule has 0 radical (unpaired) electrons. The molecule has 6 N–H and O–H groups in total. The molecule has 0 aromatic rings. The van der Waals surface area contributed by atoms with E-state index in [4.69, 9.17) is 23.7 Å². The van der Waals surface area contributed by atoms with Crippen molar-refractivity contribution < 1.29 is 0 Å². The lowest BCUT2D eigenvalue weighted by Crippen LogP contribution is -2.37. The van der Waals surface area contributed by atoms with Gasteiger partial charge in [-0.3, -0.25) is 0 Å². The van der Waals surface area contributed by atoms with Gasteiger partial charge in [0.15, 0.2) is 0 Å². The number of nitrogens with zero attached hydrogens (tertiary/aromatic N) is 1. The van der Waals surface area contributed by atoms with E-state index in [0.29, 0.717) is 13.1 Å². The molecule has 0 bridgehead atoms. The van der Waals surface area contributed by atoms with E-state index in [1.54, 1.807) is 5.01 Å². The highest BCUT2D eigenvalue weighted by molar-refractivity contribution is 5.19. The van der Waals surface area contributed by atoms with Gasteiger partial charge >= 0.3 is 0 Å². The van der Waals surface area contributed by atoms with Gasteiger partial charge in [-0.2, -0.15) is 0 Å². The van der Waals surface area contributed by atoms with Crippen molar-refractivity contribution in [3.05, 3.63) is 11.3 Å². The highest BCUT2D eigenvalue weighted by Gasteiger charge is 2.17. The molecule has 4 heteroatoms. The van der Waals surface area contributed by atoms with Gasteiger partial charge in [0.2, 0.25) is 0 Å². The van der Waals surface area contributed by atoms with E-state index in [-0.39, 0.29) is 6.04 Å². The Labute approximate surface area is 97.8 Å². The monoisotopic (exact) mass is 222 g/mol. The van der Waals surface area contributed by atoms with Crippen LogP contribution in [0.2, 0.25) is 0 Å². The van der Waals surface area contributed by atoms with Gasteiger partial charge in [-0.15, -0.1) is 6.42 Å². The fraction of sp³-hybridized carbons (Fsp3) is 0.667. The first-order chi connectivity index (χ1) is 7.69. The van der Waals surface area contributed by atoms with Crippen molar-refractivity contribution in [1.29, 1.82) is 0 Å². The van der Waals surface area contributed by atoms with Crippen LogP contribution in [0.3, 0.4) is 0 Å². The zero-order chi connectivity index (χ0) is 12.0. The lowest BCUT2D eigenvalue weighted by atomic mass is 9.91. The molecule has 1 aliphatic carbocycles. The van der Waals surface area contributed by atoms with E-state index in [2.05, 4.69) is 5.92 Å². The van der Waals surface area contributed by atoms with Crippen LogP contribution in [0.4, 0.5) is 0 Å². The van der Waals surface area contributed by atoms with Gasteiger partial charge in [-0.1, -0.05) is 5.92 Å². The minimum Gasteiger partial charge on any atom is -0.329 e. The van der Waals surface area contributed by atoms with Gasteiger partial charge in [-0.25, -0.2) is 5.84 Å². The van der Waals surface area contributed by atoms with E-state index in [1.807, 2.05) is 0 Å². The summed E-state index contributed by atoms with van der Waals surface area (Å²) >= 11 is 0. The Morgan fingerprint density at radius 3 is 2.69 bits per heavy atom. The molecular formula is C12H22N4. The molecule has 4 nitrogen and oxygen atoms in total. The minimum absolute atomic E-state index is 0.200. The Morgan fingerprint density at radius 2 is 2.06 bits per heavy atom. The van der Waals surface area contributed by atoms with E-state index < -0.39 is 0 Å². The van der Waals surface area contributed by atoms with Gasteiger partial charge in [0.1, 0.15) is 0 Å². The Balaban J connectivity index is 2.75. The summed E-state index contributed by atoms with van der Waals surface area (Å²) in [6.45, 7) is 1.25.